The van der Waals surface area contributed by atoms with Crippen molar-refractivity contribution >= 4 is 17.7 Å². The van der Waals surface area contributed by atoms with E-state index in [1.54, 1.807) is 4.90 Å². The van der Waals surface area contributed by atoms with Crippen molar-refractivity contribution in [2.45, 2.75) is 45.9 Å². The molecule has 0 aromatic heterocycles. The molecular weight excluding hydrogens is 316 g/mol. The molecule has 1 saturated heterocycles. The molecule has 1 amide bonds. The van der Waals surface area contributed by atoms with E-state index in [9.17, 15) is 13.6 Å². The largest absolute Gasteiger partial charge is 0.326 e. The average molecular weight is 341 g/mol. The van der Waals surface area contributed by atoms with Gasteiger partial charge in [0.2, 0.25) is 5.91 Å². The number of carbonyl (C=O) groups excluding carboxylic acids is 1. The van der Waals surface area contributed by atoms with Crippen molar-refractivity contribution in [1.82, 2.24) is 4.90 Å². The van der Waals surface area contributed by atoms with Gasteiger partial charge >= 0.3 is 0 Å². The first kappa shape index (κ1) is 18.2. The molecule has 1 aliphatic heterocycles. The number of hydrogen-bond acceptors (Lipinski definition) is 2. The molecule has 0 bridgehead atoms. The Morgan fingerprint density at radius 3 is 2.70 bits per heavy atom. The third-order valence-corrected chi connectivity index (χ3v) is 5.17. The number of benzene rings is 1. The van der Waals surface area contributed by atoms with Crippen molar-refractivity contribution in [2.75, 3.05) is 12.3 Å². The van der Waals surface area contributed by atoms with Crippen LogP contribution in [0.2, 0.25) is 0 Å². The number of rotatable bonds is 4. The van der Waals surface area contributed by atoms with Crippen LogP contribution in [-0.4, -0.2) is 23.1 Å². The monoisotopic (exact) mass is 341 g/mol. The summed E-state index contributed by atoms with van der Waals surface area (Å²) in [7, 11) is 0. The Bertz CT molecular complexity index is 571. The Kier molecular flexibility index (Phi) is 5.71. The lowest BCUT2D eigenvalue weighted by Gasteiger charge is -2.28. The average Bonchev–Trinajstić information content (AvgIpc) is 2.85. The van der Waals surface area contributed by atoms with Crippen LogP contribution in [0.5, 0.6) is 0 Å². The van der Waals surface area contributed by atoms with Crippen LogP contribution in [-0.2, 0) is 4.79 Å². The molecule has 128 valence electrons. The van der Waals surface area contributed by atoms with Gasteiger partial charge in [0, 0.05) is 30.3 Å². The summed E-state index contributed by atoms with van der Waals surface area (Å²) in [6, 6.07) is 3.59. The highest BCUT2D eigenvalue weighted by molar-refractivity contribution is 7.99. The first-order valence-electron chi connectivity index (χ1n) is 8.03. The second kappa shape index (κ2) is 7.20. The molecule has 1 aromatic rings. The number of nitrogens with zero attached hydrogens (tertiary/aromatic N) is 1. The molecule has 0 radical (unpaired) electrons. The number of amides is 1. The highest BCUT2D eigenvalue weighted by atomic mass is 32.2. The van der Waals surface area contributed by atoms with E-state index < -0.39 is 11.6 Å². The molecule has 0 aliphatic carbocycles. The number of carbonyl (C=O) groups is 1. The molecule has 1 heterocycles. The summed E-state index contributed by atoms with van der Waals surface area (Å²) in [5, 5.41) is -0.343. The zero-order valence-corrected chi connectivity index (χ0v) is 15.1. The number of hydrogen-bond donors (Lipinski definition) is 0. The standard InChI is InChI=1S/C18H25F2NOS/c1-12(11-18(2,3)4)9-16(22)21-7-8-23-17(21)14-6-5-13(19)10-15(14)20/h5-6,10,12,17H,7-9,11H2,1-4H3/t12-,17+/m1/s1. The highest BCUT2D eigenvalue weighted by Gasteiger charge is 2.33. The Hall–Kier alpha value is -1.10. The summed E-state index contributed by atoms with van der Waals surface area (Å²) >= 11 is 1.53. The number of halogens is 2. The van der Waals surface area contributed by atoms with Crippen LogP contribution in [0.15, 0.2) is 18.2 Å². The molecule has 5 heteroatoms. The smallest absolute Gasteiger partial charge is 0.224 e. The van der Waals surface area contributed by atoms with E-state index in [1.807, 2.05) is 0 Å². The Labute approximate surface area is 141 Å². The first-order valence-corrected chi connectivity index (χ1v) is 9.08. The molecule has 1 fully saturated rings. The third kappa shape index (κ3) is 4.93. The van der Waals surface area contributed by atoms with Gasteiger partial charge in [-0.1, -0.05) is 33.8 Å². The lowest BCUT2D eigenvalue weighted by Crippen LogP contribution is -2.32. The van der Waals surface area contributed by atoms with Gasteiger partial charge in [-0.15, -0.1) is 11.8 Å². The van der Waals surface area contributed by atoms with Gasteiger partial charge in [-0.25, -0.2) is 8.78 Å². The Morgan fingerprint density at radius 2 is 2.09 bits per heavy atom. The normalized spacial score (nSPS) is 19.9. The second-order valence-electron chi connectivity index (χ2n) is 7.55. The van der Waals surface area contributed by atoms with Crippen molar-refractivity contribution in [3.8, 4) is 0 Å². The van der Waals surface area contributed by atoms with Gasteiger partial charge in [-0.2, -0.15) is 0 Å². The van der Waals surface area contributed by atoms with Gasteiger partial charge in [0.15, 0.2) is 0 Å². The Balaban J connectivity index is 2.07. The van der Waals surface area contributed by atoms with Crippen LogP contribution >= 0.6 is 11.8 Å². The molecule has 0 N–H and O–H groups in total. The predicted molar refractivity (Wildman–Crippen MR) is 91.1 cm³/mol. The van der Waals surface area contributed by atoms with Gasteiger partial charge in [-0.3, -0.25) is 4.79 Å². The summed E-state index contributed by atoms with van der Waals surface area (Å²) in [5.74, 6) is -0.0518. The minimum absolute atomic E-state index is 0.0560. The van der Waals surface area contributed by atoms with Crippen molar-refractivity contribution in [3.63, 3.8) is 0 Å². The molecule has 0 spiro atoms. The SMILES string of the molecule is C[C@H](CC(=O)N1CCS[C@H]1c1ccc(F)cc1F)CC(C)(C)C. The van der Waals surface area contributed by atoms with Crippen molar-refractivity contribution in [1.29, 1.82) is 0 Å². The summed E-state index contributed by atoms with van der Waals surface area (Å²) in [6.45, 7) is 9.19. The summed E-state index contributed by atoms with van der Waals surface area (Å²) < 4.78 is 27.1. The maximum Gasteiger partial charge on any atom is 0.224 e. The fraction of sp³-hybridized carbons (Fsp3) is 0.611. The van der Waals surface area contributed by atoms with E-state index in [-0.39, 0.29) is 22.6 Å². The third-order valence-electron chi connectivity index (χ3n) is 3.92. The quantitative estimate of drug-likeness (QED) is 0.768. The van der Waals surface area contributed by atoms with E-state index in [4.69, 9.17) is 0 Å². The Morgan fingerprint density at radius 1 is 1.39 bits per heavy atom. The molecule has 2 rings (SSSR count). The predicted octanol–water partition coefficient (Wildman–Crippen LogP) is 5.00. The van der Waals surface area contributed by atoms with Crippen LogP contribution in [0, 0.1) is 23.0 Å². The van der Waals surface area contributed by atoms with Gasteiger partial charge in [0.25, 0.3) is 0 Å². The molecule has 1 aromatic carbocycles. The fourth-order valence-corrected chi connectivity index (χ4v) is 4.52. The molecular formula is C18H25F2NOS. The van der Waals surface area contributed by atoms with E-state index in [2.05, 4.69) is 27.7 Å². The van der Waals surface area contributed by atoms with E-state index in [0.29, 0.717) is 18.5 Å². The van der Waals surface area contributed by atoms with E-state index in [0.717, 1.165) is 18.2 Å². The lowest BCUT2D eigenvalue weighted by atomic mass is 9.84. The summed E-state index contributed by atoms with van der Waals surface area (Å²) in [6.07, 6.45) is 1.44. The molecule has 0 unspecified atom stereocenters. The molecule has 1 aliphatic rings. The highest BCUT2D eigenvalue weighted by Crippen LogP contribution is 2.40. The maximum atomic E-state index is 14.0. The van der Waals surface area contributed by atoms with Crippen molar-refractivity contribution in [3.05, 3.63) is 35.4 Å². The van der Waals surface area contributed by atoms with Crippen LogP contribution < -0.4 is 0 Å². The molecule has 0 saturated carbocycles. The molecule has 2 nitrogen and oxygen atoms in total. The summed E-state index contributed by atoms with van der Waals surface area (Å²) in [4.78, 5) is 14.4. The fourth-order valence-electron chi connectivity index (χ4n) is 3.22. The van der Waals surface area contributed by atoms with Crippen molar-refractivity contribution < 1.29 is 13.6 Å². The molecule has 23 heavy (non-hydrogen) atoms. The minimum atomic E-state index is -0.592. The van der Waals surface area contributed by atoms with Crippen LogP contribution in [0.4, 0.5) is 8.78 Å². The second-order valence-corrected chi connectivity index (χ2v) is 8.74. The van der Waals surface area contributed by atoms with Gasteiger partial charge < -0.3 is 4.90 Å². The maximum absolute atomic E-state index is 14.0. The van der Waals surface area contributed by atoms with Crippen LogP contribution in [0.25, 0.3) is 0 Å². The van der Waals surface area contributed by atoms with E-state index >= 15 is 0 Å². The topological polar surface area (TPSA) is 20.3 Å². The zero-order valence-electron chi connectivity index (χ0n) is 14.2. The van der Waals surface area contributed by atoms with Gasteiger partial charge in [-0.05, 0) is 23.8 Å². The number of thioether (sulfide) groups is 1. The van der Waals surface area contributed by atoms with Crippen LogP contribution in [0.3, 0.4) is 0 Å². The van der Waals surface area contributed by atoms with Crippen LogP contribution in [0.1, 0.15) is 51.5 Å². The zero-order chi connectivity index (χ0) is 17.2. The summed E-state index contributed by atoms with van der Waals surface area (Å²) in [5.41, 5.74) is 0.577. The van der Waals surface area contributed by atoms with E-state index in [1.165, 1.54) is 23.9 Å². The lowest BCUT2D eigenvalue weighted by molar-refractivity contribution is -0.132. The molecule has 2 atom stereocenters. The van der Waals surface area contributed by atoms with Gasteiger partial charge in [0.1, 0.15) is 17.0 Å². The van der Waals surface area contributed by atoms with Crippen molar-refractivity contribution in [2.24, 2.45) is 11.3 Å². The van der Waals surface area contributed by atoms with Gasteiger partial charge in [0.05, 0.1) is 0 Å². The minimum Gasteiger partial charge on any atom is -0.326 e. The first-order chi connectivity index (χ1) is 10.7.